The first-order valence-corrected chi connectivity index (χ1v) is 8.60. The Balaban J connectivity index is 1.83. The van der Waals surface area contributed by atoms with Crippen LogP contribution in [0.3, 0.4) is 0 Å². The topological polar surface area (TPSA) is 53.6 Å². The van der Waals surface area contributed by atoms with Crippen LogP contribution in [0.2, 0.25) is 0 Å². The van der Waals surface area contributed by atoms with Crippen molar-refractivity contribution in [2.75, 3.05) is 44.7 Å². The maximum Gasteiger partial charge on any atom is 0.242 e. The number of hydrogen-bond acceptors (Lipinski definition) is 4. The number of benzene rings is 1. The molecule has 1 aliphatic heterocycles. The van der Waals surface area contributed by atoms with Gasteiger partial charge in [0.2, 0.25) is 5.91 Å². The van der Waals surface area contributed by atoms with Gasteiger partial charge < -0.3 is 15.4 Å². The lowest BCUT2D eigenvalue weighted by atomic mass is 9.98. The molecular formula is C18H29N3O2. The molecule has 1 aliphatic rings. The molecule has 1 amide bonds. The highest BCUT2D eigenvalue weighted by Gasteiger charge is 2.23. The maximum atomic E-state index is 12.6. The number of carbonyl (C=O) groups is 1. The van der Waals surface area contributed by atoms with Crippen molar-refractivity contribution >= 4 is 11.6 Å². The number of carbonyl (C=O) groups excluding carboxylic acids is 1. The van der Waals surface area contributed by atoms with Crippen molar-refractivity contribution in [2.24, 2.45) is 5.92 Å². The third kappa shape index (κ3) is 5.84. The number of nitrogens with zero attached hydrogens (tertiary/aromatic N) is 1. The molecule has 5 heteroatoms. The molecule has 1 fully saturated rings. The highest BCUT2D eigenvalue weighted by atomic mass is 16.5. The quantitative estimate of drug-likeness (QED) is 0.769. The lowest BCUT2D eigenvalue weighted by molar-refractivity contribution is -0.122. The molecule has 0 aromatic heterocycles. The lowest BCUT2D eigenvalue weighted by Crippen LogP contribution is -2.47. The van der Waals surface area contributed by atoms with E-state index in [1.54, 1.807) is 0 Å². The predicted octanol–water partition coefficient (Wildman–Crippen LogP) is 1.96. The minimum Gasteiger partial charge on any atom is -0.379 e. The number of hydrogen-bond donors (Lipinski definition) is 2. The van der Waals surface area contributed by atoms with Crippen LogP contribution in [0, 0.1) is 5.92 Å². The Bertz CT molecular complexity index is 461. The molecule has 1 aromatic rings. The number of nitrogens with one attached hydrogen (secondary N) is 2. The van der Waals surface area contributed by atoms with Crippen LogP contribution < -0.4 is 10.6 Å². The largest absolute Gasteiger partial charge is 0.379 e. The molecule has 1 aromatic carbocycles. The van der Waals surface area contributed by atoms with Crippen LogP contribution in [0.4, 0.5) is 5.69 Å². The molecule has 0 spiro atoms. The molecule has 2 N–H and O–H groups in total. The summed E-state index contributed by atoms with van der Waals surface area (Å²) in [5.41, 5.74) is 0.987. The molecule has 0 bridgehead atoms. The van der Waals surface area contributed by atoms with Crippen LogP contribution in [-0.4, -0.2) is 56.2 Å². The van der Waals surface area contributed by atoms with Gasteiger partial charge in [-0.05, 0) is 18.1 Å². The van der Waals surface area contributed by atoms with Crippen molar-refractivity contribution in [3.63, 3.8) is 0 Å². The van der Waals surface area contributed by atoms with E-state index in [-0.39, 0.29) is 17.9 Å². The van der Waals surface area contributed by atoms with Gasteiger partial charge in [0.25, 0.3) is 0 Å². The van der Waals surface area contributed by atoms with Gasteiger partial charge in [0.1, 0.15) is 6.04 Å². The Morgan fingerprint density at radius 3 is 2.61 bits per heavy atom. The van der Waals surface area contributed by atoms with E-state index < -0.39 is 0 Å². The first-order valence-electron chi connectivity index (χ1n) is 8.60. The molecule has 128 valence electrons. The third-order valence-electron chi connectivity index (χ3n) is 4.42. The van der Waals surface area contributed by atoms with Gasteiger partial charge in [0.15, 0.2) is 0 Å². The minimum absolute atomic E-state index is 0.0801. The Kier molecular flexibility index (Phi) is 7.36. The van der Waals surface area contributed by atoms with Gasteiger partial charge in [0, 0.05) is 31.9 Å². The Hall–Kier alpha value is -1.59. The zero-order chi connectivity index (χ0) is 16.5. The number of para-hydroxylation sites is 1. The van der Waals surface area contributed by atoms with Gasteiger partial charge in [-0.25, -0.2) is 0 Å². The molecule has 23 heavy (non-hydrogen) atoms. The van der Waals surface area contributed by atoms with E-state index >= 15 is 0 Å². The summed E-state index contributed by atoms with van der Waals surface area (Å²) in [6.07, 6.45) is 0.960. The predicted molar refractivity (Wildman–Crippen MR) is 93.6 cm³/mol. The van der Waals surface area contributed by atoms with Crippen LogP contribution in [0.15, 0.2) is 30.3 Å². The van der Waals surface area contributed by atoms with Gasteiger partial charge in [-0.15, -0.1) is 0 Å². The summed E-state index contributed by atoms with van der Waals surface area (Å²) in [6.45, 7) is 9.28. The average Bonchev–Trinajstić information content (AvgIpc) is 2.60. The van der Waals surface area contributed by atoms with Gasteiger partial charge >= 0.3 is 0 Å². The van der Waals surface area contributed by atoms with E-state index in [0.717, 1.165) is 45.0 Å². The second kappa shape index (κ2) is 9.53. The van der Waals surface area contributed by atoms with E-state index in [1.807, 2.05) is 30.3 Å². The van der Waals surface area contributed by atoms with Gasteiger partial charge in [-0.3, -0.25) is 9.69 Å². The third-order valence-corrected chi connectivity index (χ3v) is 4.42. The summed E-state index contributed by atoms with van der Waals surface area (Å²) < 4.78 is 5.34. The molecule has 5 nitrogen and oxygen atoms in total. The van der Waals surface area contributed by atoms with Crippen molar-refractivity contribution in [3.05, 3.63) is 30.3 Å². The first-order chi connectivity index (χ1) is 11.2. The molecule has 1 saturated heterocycles. The highest BCUT2D eigenvalue weighted by molar-refractivity contribution is 5.84. The average molecular weight is 319 g/mol. The van der Waals surface area contributed by atoms with E-state index in [2.05, 4.69) is 29.4 Å². The smallest absolute Gasteiger partial charge is 0.242 e. The lowest BCUT2D eigenvalue weighted by Gasteiger charge is -2.28. The molecular weight excluding hydrogens is 290 g/mol. The van der Waals surface area contributed by atoms with Crippen LogP contribution >= 0.6 is 0 Å². The highest BCUT2D eigenvalue weighted by Crippen LogP contribution is 2.15. The van der Waals surface area contributed by atoms with Gasteiger partial charge in [-0.2, -0.15) is 0 Å². The second-order valence-corrected chi connectivity index (χ2v) is 6.12. The normalized spacial score (nSPS) is 18.2. The van der Waals surface area contributed by atoms with Crippen molar-refractivity contribution < 1.29 is 9.53 Å². The van der Waals surface area contributed by atoms with Crippen LogP contribution in [0.1, 0.15) is 20.3 Å². The van der Waals surface area contributed by atoms with Crippen LogP contribution in [0.5, 0.6) is 0 Å². The molecule has 2 atom stereocenters. The van der Waals surface area contributed by atoms with Crippen molar-refractivity contribution in [2.45, 2.75) is 26.3 Å². The fourth-order valence-electron chi connectivity index (χ4n) is 2.69. The van der Waals surface area contributed by atoms with E-state index in [9.17, 15) is 4.79 Å². The monoisotopic (exact) mass is 319 g/mol. The summed E-state index contributed by atoms with van der Waals surface area (Å²) in [6, 6.07) is 9.73. The molecule has 0 saturated carbocycles. The molecule has 2 rings (SSSR count). The first kappa shape index (κ1) is 17.8. The summed E-state index contributed by atoms with van der Waals surface area (Å²) in [5.74, 6) is 0.357. The number of rotatable bonds is 8. The molecule has 0 unspecified atom stereocenters. The number of morpholine rings is 1. The fourth-order valence-corrected chi connectivity index (χ4v) is 2.69. The Morgan fingerprint density at radius 1 is 1.26 bits per heavy atom. The summed E-state index contributed by atoms with van der Waals surface area (Å²) in [7, 11) is 0. The SMILES string of the molecule is CC[C@H](C)[C@H](Nc1ccccc1)C(=O)NCCN1CCOCC1. The summed E-state index contributed by atoms with van der Waals surface area (Å²) in [4.78, 5) is 14.9. The Morgan fingerprint density at radius 2 is 1.96 bits per heavy atom. The van der Waals surface area contributed by atoms with E-state index in [0.29, 0.717) is 6.54 Å². The van der Waals surface area contributed by atoms with E-state index in [1.165, 1.54) is 0 Å². The zero-order valence-corrected chi connectivity index (χ0v) is 14.3. The number of anilines is 1. The van der Waals surface area contributed by atoms with Crippen molar-refractivity contribution in [3.8, 4) is 0 Å². The number of ether oxygens (including phenoxy) is 1. The van der Waals surface area contributed by atoms with E-state index in [4.69, 9.17) is 4.74 Å². The van der Waals surface area contributed by atoms with Crippen LogP contribution in [0.25, 0.3) is 0 Å². The fraction of sp³-hybridized carbons (Fsp3) is 0.611. The van der Waals surface area contributed by atoms with Gasteiger partial charge in [0.05, 0.1) is 13.2 Å². The second-order valence-electron chi connectivity index (χ2n) is 6.12. The molecule has 1 heterocycles. The van der Waals surface area contributed by atoms with Crippen molar-refractivity contribution in [1.82, 2.24) is 10.2 Å². The van der Waals surface area contributed by atoms with Crippen LogP contribution in [-0.2, 0) is 9.53 Å². The zero-order valence-electron chi connectivity index (χ0n) is 14.3. The molecule has 0 radical (unpaired) electrons. The number of amides is 1. The Labute approximate surface area is 139 Å². The van der Waals surface area contributed by atoms with Gasteiger partial charge in [-0.1, -0.05) is 38.5 Å². The summed E-state index contributed by atoms with van der Waals surface area (Å²) in [5, 5.41) is 6.45. The maximum absolute atomic E-state index is 12.6. The minimum atomic E-state index is -0.202. The molecule has 0 aliphatic carbocycles. The standard InChI is InChI=1S/C18H29N3O2/c1-3-15(2)17(20-16-7-5-4-6-8-16)18(22)19-9-10-21-11-13-23-14-12-21/h4-8,15,17,20H,3,9-14H2,1-2H3,(H,19,22)/t15-,17-/m0/s1. The van der Waals surface area contributed by atoms with Crippen molar-refractivity contribution in [1.29, 1.82) is 0 Å². The summed E-state index contributed by atoms with van der Waals surface area (Å²) >= 11 is 0.